The average molecular weight is 109 g/mol. The topological polar surface area (TPSA) is 21.4 Å². The fraction of sp³-hybridized carbons (Fsp3) is 0.667. The van der Waals surface area contributed by atoms with Crippen molar-refractivity contribution in [1.29, 1.82) is 0 Å². The van der Waals surface area contributed by atoms with Crippen LogP contribution >= 0.6 is 0 Å². The van der Waals surface area contributed by atoms with Gasteiger partial charge in [0.1, 0.15) is 5.78 Å². The van der Waals surface area contributed by atoms with Crippen LogP contribution in [-0.4, -0.2) is 11.3 Å². The van der Waals surface area contributed by atoms with E-state index in [4.69, 9.17) is 6.57 Å². The monoisotopic (exact) mass is 109 g/mol. The van der Waals surface area contributed by atoms with Gasteiger partial charge in [-0.15, -0.1) is 0 Å². The van der Waals surface area contributed by atoms with E-state index < -0.39 is 0 Å². The number of ketones is 1. The number of Topliss-reactive ketones (excluding diaryl/α,β-unsaturated/α-hetero) is 1. The van der Waals surface area contributed by atoms with Crippen molar-refractivity contribution in [3.8, 4) is 0 Å². The summed E-state index contributed by atoms with van der Waals surface area (Å²) in [4.78, 5) is 13.6. The van der Waals surface area contributed by atoms with Crippen molar-refractivity contribution in [2.75, 3.05) is 0 Å². The van der Waals surface area contributed by atoms with E-state index in [1.807, 2.05) is 6.92 Å². The molecule has 0 aromatic rings. The first-order chi connectivity index (χ1) is 3.66. The number of hydrogen-bond donors (Lipinski definition) is 0. The molecule has 1 aliphatic carbocycles. The van der Waals surface area contributed by atoms with Gasteiger partial charge < -0.3 is 4.85 Å². The van der Waals surface area contributed by atoms with Crippen LogP contribution < -0.4 is 0 Å². The molecule has 0 aromatic heterocycles. The summed E-state index contributed by atoms with van der Waals surface area (Å²) in [7, 11) is 0. The van der Waals surface area contributed by atoms with Gasteiger partial charge >= 0.3 is 0 Å². The first-order valence-electron chi connectivity index (χ1n) is 2.57. The third kappa shape index (κ3) is 0.604. The first kappa shape index (κ1) is 5.30. The number of carbonyl (C=O) groups is 1. The van der Waals surface area contributed by atoms with Crippen molar-refractivity contribution in [2.45, 2.75) is 25.3 Å². The lowest BCUT2D eigenvalue weighted by Gasteiger charge is -2.23. The molecule has 0 bridgehead atoms. The Morgan fingerprint density at radius 3 is 2.38 bits per heavy atom. The van der Waals surface area contributed by atoms with Crippen LogP contribution in [0.1, 0.15) is 19.8 Å². The van der Waals surface area contributed by atoms with E-state index in [0.29, 0.717) is 12.8 Å². The Kier molecular flexibility index (Phi) is 0.872. The summed E-state index contributed by atoms with van der Waals surface area (Å²) in [6.45, 7) is 8.44. The molecular formula is C6H7NO. The van der Waals surface area contributed by atoms with Crippen molar-refractivity contribution < 1.29 is 4.79 Å². The molecule has 1 fully saturated rings. The Bertz CT molecular complexity index is 158. The predicted molar refractivity (Wildman–Crippen MR) is 29.2 cm³/mol. The average Bonchev–Trinajstić information content (AvgIpc) is 1.63. The molecule has 0 aromatic carbocycles. The van der Waals surface area contributed by atoms with E-state index in [2.05, 4.69) is 4.85 Å². The fourth-order valence-corrected chi connectivity index (χ4v) is 0.877. The van der Waals surface area contributed by atoms with Gasteiger partial charge in [0.05, 0.1) is 12.8 Å². The molecule has 42 valence electrons. The third-order valence-corrected chi connectivity index (χ3v) is 1.43. The Balaban J connectivity index is 2.56. The van der Waals surface area contributed by atoms with Crippen LogP contribution in [0.2, 0.25) is 0 Å². The highest BCUT2D eigenvalue weighted by molar-refractivity contribution is 5.88. The molecule has 0 spiro atoms. The van der Waals surface area contributed by atoms with E-state index in [-0.39, 0.29) is 11.3 Å². The lowest BCUT2D eigenvalue weighted by Crippen LogP contribution is -2.37. The maximum Gasteiger partial charge on any atom is 0.243 e. The minimum Gasteiger partial charge on any atom is -0.310 e. The molecule has 8 heavy (non-hydrogen) atoms. The highest BCUT2D eigenvalue weighted by Gasteiger charge is 2.45. The van der Waals surface area contributed by atoms with Gasteiger partial charge in [-0.25, -0.2) is 6.57 Å². The van der Waals surface area contributed by atoms with Crippen LogP contribution in [0, 0.1) is 6.57 Å². The van der Waals surface area contributed by atoms with Crippen molar-refractivity contribution in [3.63, 3.8) is 0 Å². The quantitative estimate of drug-likeness (QED) is 0.426. The van der Waals surface area contributed by atoms with Crippen molar-refractivity contribution in [2.24, 2.45) is 0 Å². The summed E-state index contributed by atoms with van der Waals surface area (Å²) in [6, 6.07) is 0. The summed E-state index contributed by atoms with van der Waals surface area (Å²) >= 11 is 0. The molecule has 2 heteroatoms. The van der Waals surface area contributed by atoms with Gasteiger partial charge in [0.25, 0.3) is 0 Å². The van der Waals surface area contributed by atoms with Gasteiger partial charge in [-0.3, -0.25) is 4.79 Å². The van der Waals surface area contributed by atoms with Crippen LogP contribution in [0.3, 0.4) is 0 Å². The van der Waals surface area contributed by atoms with Gasteiger partial charge in [-0.05, 0) is 0 Å². The zero-order valence-corrected chi connectivity index (χ0v) is 4.77. The highest BCUT2D eigenvalue weighted by Crippen LogP contribution is 2.31. The Labute approximate surface area is 48.3 Å². The number of nitrogens with zero attached hydrogens (tertiary/aromatic N) is 1. The van der Waals surface area contributed by atoms with Crippen LogP contribution in [0.5, 0.6) is 0 Å². The molecule has 2 nitrogen and oxygen atoms in total. The standard InChI is InChI=1S/C6H7NO/c1-6(7-2)3-5(8)4-6/h3-4H2,1H3. The molecular weight excluding hydrogens is 102 g/mol. The summed E-state index contributed by atoms with van der Waals surface area (Å²) in [5.74, 6) is 0.225. The number of hydrogen-bond acceptors (Lipinski definition) is 1. The summed E-state index contributed by atoms with van der Waals surface area (Å²) in [6.07, 6.45) is 0.938. The van der Waals surface area contributed by atoms with E-state index in [1.165, 1.54) is 0 Å². The molecule has 0 atom stereocenters. The van der Waals surface area contributed by atoms with Gasteiger partial charge in [-0.2, -0.15) is 0 Å². The zero-order chi connectivity index (χ0) is 6.20. The second-order valence-corrected chi connectivity index (χ2v) is 2.50. The molecule has 1 saturated carbocycles. The zero-order valence-electron chi connectivity index (χ0n) is 4.77. The van der Waals surface area contributed by atoms with Crippen molar-refractivity contribution in [1.82, 2.24) is 0 Å². The molecule has 0 N–H and O–H groups in total. The molecule has 0 heterocycles. The third-order valence-electron chi connectivity index (χ3n) is 1.43. The minimum atomic E-state index is -0.322. The number of carbonyl (C=O) groups excluding carboxylic acids is 1. The van der Waals surface area contributed by atoms with Crippen molar-refractivity contribution >= 4 is 5.78 Å². The highest BCUT2D eigenvalue weighted by atomic mass is 16.1. The van der Waals surface area contributed by atoms with E-state index >= 15 is 0 Å². The smallest absolute Gasteiger partial charge is 0.243 e. The summed E-state index contributed by atoms with van der Waals surface area (Å²) in [5.41, 5.74) is -0.322. The van der Waals surface area contributed by atoms with E-state index in [0.717, 1.165) is 0 Å². The molecule has 0 radical (unpaired) electrons. The van der Waals surface area contributed by atoms with Gasteiger partial charge in [0, 0.05) is 6.92 Å². The predicted octanol–water partition coefficient (Wildman–Crippen LogP) is 1.03. The lowest BCUT2D eigenvalue weighted by molar-refractivity contribution is -0.126. The van der Waals surface area contributed by atoms with E-state index in [1.54, 1.807) is 0 Å². The Morgan fingerprint density at radius 2 is 2.25 bits per heavy atom. The van der Waals surface area contributed by atoms with Gasteiger partial charge in [-0.1, -0.05) is 0 Å². The second kappa shape index (κ2) is 1.32. The molecule has 1 aliphatic rings. The van der Waals surface area contributed by atoms with Gasteiger partial charge in [0.2, 0.25) is 5.54 Å². The maximum absolute atomic E-state index is 10.3. The lowest BCUT2D eigenvalue weighted by atomic mass is 9.78. The fourth-order valence-electron chi connectivity index (χ4n) is 0.877. The van der Waals surface area contributed by atoms with Crippen LogP contribution in [0.4, 0.5) is 0 Å². The molecule has 0 amide bonds. The van der Waals surface area contributed by atoms with Crippen LogP contribution in [-0.2, 0) is 4.79 Å². The SMILES string of the molecule is [C-]#[N+]C1(C)CC(=O)C1. The number of rotatable bonds is 0. The van der Waals surface area contributed by atoms with Crippen molar-refractivity contribution in [3.05, 3.63) is 11.4 Å². The van der Waals surface area contributed by atoms with Crippen LogP contribution in [0.25, 0.3) is 4.85 Å². The molecule has 0 unspecified atom stereocenters. The van der Waals surface area contributed by atoms with Gasteiger partial charge in [0.15, 0.2) is 0 Å². The molecule has 0 saturated heterocycles. The molecule has 1 rings (SSSR count). The normalized spacial score (nSPS) is 23.8. The molecule has 0 aliphatic heterocycles. The maximum atomic E-state index is 10.3. The Morgan fingerprint density at radius 1 is 1.75 bits per heavy atom. The summed E-state index contributed by atoms with van der Waals surface area (Å²) < 4.78 is 0. The second-order valence-electron chi connectivity index (χ2n) is 2.50. The van der Waals surface area contributed by atoms with E-state index in [9.17, 15) is 4.79 Å². The first-order valence-corrected chi connectivity index (χ1v) is 2.57. The summed E-state index contributed by atoms with van der Waals surface area (Å²) in [5, 5.41) is 0. The minimum absolute atomic E-state index is 0.225. The Hall–Kier alpha value is -0.840. The largest absolute Gasteiger partial charge is 0.310 e. The van der Waals surface area contributed by atoms with Crippen LogP contribution in [0.15, 0.2) is 0 Å².